The summed E-state index contributed by atoms with van der Waals surface area (Å²) in [6, 6.07) is 7.28. The van der Waals surface area contributed by atoms with Gasteiger partial charge in [-0.1, -0.05) is 19.1 Å². The van der Waals surface area contributed by atoms with Crippen molar-refractivity contribution < 1.29 is 4.79 Å². The Balaban J connectivity index is 1.84. The van der Waals surface area contributed by atoms with Crippen molar-refractivity contribution >= 4 is 28.8 Å². The van der Waals surface area contributed by atoms with Crippen LogP contribution in [-0.2, 0) is 4.79 Å². The van der Waals surface area contributed by atoms with E-state index in [0.29, 0.717) is 11.5 Å². The first-order valence-electron chi connectivity index (χ1n) is 7.00. The number of nitrogens with two attached hydrogens (primary N) is 1. The Labute approximate surface area is 125 Å². The standard InChI is InChI=1S/C15H21N3OS/c1-2-18(9-11-3-4-11)10-14(19)17-13-7-5-12(6-8-13)15(16)20/h5-8,11H,2-4,9-10H2,1H3,(H2,16,20)(H,17,19). The number of hydrogen-bond donors (Lipinski definition) is 2. The van der Waals surface area contributed by atoms with E-state index >= 15 is 0 Å². The van der Waals surface area contributed by atoms with Crippen LogP contribution in [0.2, 0.25) is 0 Å². The summed E-state index contributed by atoms with van der Waals surface area (Å²) < 4.78 is 0. The molecule has 1 fully saturated rings. The van der Waals surface area contributed by atoms with E-state index in [1.807, 2.05) is 24.3 Å². The fourth-order valence-electron chi connectivity index (χ4n) is 2.09. The molecule has 0 unspecified atom stereocenters. The maximum atomic E-state index is 12.0. The Bertz CT molecular complexity index is 482. The molecule has 1 aliphatic rings. The van der Waals surface area contributed by atoms with Crippen LogP contribution in [0, 0.1) is 5.92 Å². The van der Waals surface area contributed by atoms with Crippen LogP contribution in [0.3, 0.4) is 0 Å². The zero-order valence-corrected chi connectivity index (χ0v) is 12.6. The number of carbonyl (C=O) groups is 1. The van der Waals surface area contributed by atoms with Crippen molar-refractivity contribution in [2.75, 3.05) is 25.0 Å². The number of amides is 1. The predicted molar refractivity (Wildman–Crippen MR) is 85.8 cm³/mol. The van der Waals surface area contributed by atoms with Gasteiger partial charge in [-0.05, 0) is 49.6 Å². The molecule has 0 radical (unpaired) electrons. The lowest BCUT2D eigenvalue weighted by molar-refractivity contribution is -0.117. The zero-order chi connectivity index (χ0) is 14.5. The molecule has 4 nitrogen and oxygen atoms in total. The molecule has 1 aromatic rings. The van der Waals surface area contributed by atoms with Crippen LogP contribution >= 0.6 is 12.2 Å². The van der Waals surface area contributed by atoms with Crippen LogP contribution in [0.15, 0.2) is 24.3 Å². The van der Waals surface area contributed by atoms with Crippen LogP contribution in [-0.4, -0.2) is 35.4 Å². The van der Waals surface area contributed by atoms with E-state index in [9.17, 15) is 4.79 Å². The topological polar surface area (TPSA) is 58.4 Å². The first-order chi connectivity index (χ1) is 9.58. The molecular weight excluding hydrogens is 270 g/mol. The van der Waals surface area contributed by atoms with Gasteiger partial charge in [0.25, 0.3) is 0 Å². The van der Waals surface area contributed by atoms with Gasteiger partial charge < -0.3 is 11.1 Å². The normalized spacial score (nSPS) is 14.3. The molecule has 1 aromatic carbocycles. The lowest BCUT2D eigenvalue weighted by atomic mass is 10.2. The number of anilines is 1. The van der Waals surface area contributed by atoms with Gasteiger partial charge in [-0.15, -0.1) is 0 Å². The molecule has 5 heteroatoms. The molecule has 0 atom stereocenters. The average Bonchev–Trinajstić information content (AvgIpc) is 3.22. The first kappa shape index (κ1) is 14.9. The number of likely N-dealkylation sites (N-methyl/N-ethyl adjacent to an activating group) is 1. The van der Waals surface area contributed by atoms with E-state index in [1.165, 1.54) is 12.8 Å². The number of rotatable bonds is 7. The largest absolute Gasteiger partial charge is 0.389 e. The van der Waals surface area contributed by atoms with Gasteiger partial charge in [-0.3, -0.25) is 9.69 Å². The van der Waals surface area contributed by atoms with Gasteiger partial charge in [0.2, 0.25) is 5.91 Å². The molecule has 3 N–H and O–H groups in total. The number of carbonyl (C=O) groups excluding carboxylic acids is 1. The average molecular weight is 291 g/mol. The van der Waals surface area contributed by atoms with Gasteiger partial charge >= 0.3 is 0 Å². The summed E-state index contributed by atoms with van der Waals surface area (Å²) in [7, 11) is 0. The van der Waals surface area contributed by atoms with Crippen molar-refractivity contribution in [3.63, 3.8) is 0 Å². The van der Waals surface area contributed by atoms with Crippen molar-refractivity contribution in [2.24, 2.45) is 11.7 Å². The highest BCUT2D eigenvalue weighted by Crippen LogP contribution is 2.29. The summed E-state index contributed by atoms with van der Waals surface area (Å²) in [5.41, 5.74) is 7.12. The smallest absolute Gasteiger partial charge is 0.238 e. The molecule has 0 saturated heterocycles. The number of hydrogen-bond acceptors (Lipinski definition) is 3. The van der Waals surface area contributed by atoms with Gasteiger partial charge in [-0.2, -0.15) is 0 Å². The second-order valence-electron chi connectivity index (χ2n) is 5.26. The van der Waals surface area contributed by atoms with Crippen LogP contribution in [0.4, 0.5) is 5.69 Å². The Morgan fingerprint density at radius 1 is 1.40 bits per heavy atom. The van der Waals surface area contributed by atoms with Gasteiger partial charge in [0.15, 0.2) is 0 Å². The Hall–Kier alpha value is -1.46. The van der Waals surface area contributed by atoms with Gasteiger partial charge in [0.05, 0.1) is 6.54 Å². The maximum Gasteiger partial charge on any atom is 0.238 e. The monoisotopic (exact) mass is 291 g/mol. The van der Waals surface area contributed by atoms with Crippen molar-refractivity contribution in [1.29, 1.82) is 0 Å². The predicted octanol–water partition coefficient (Wildman–Crippen LogP) is 1.99. The van der Waals surface area contributed by atoms with Crippen LogP contribution < -0.4 is 11.1 Å². The molecule has 0 bridgehead atoms. The van der Waals surface area contributed by atoms with Crippen molar-refractivity contribution in [2.45, 2.75) is 19.8 Å². The lowest BCUT2D eigenvalue weighted by Crippen LogP contribution is -2.34. The molecule has 1 aliphatic carbocycles. The minimum Gasteiger partial charge on any atom is -0.389 e. The van der Waals surface area contributed by atoms with E-state index in [2.05, 4.69) is 17.1 Å². The summed E-state index contributed by atoms with van der Waals surface area (Å²) in [5.74, 6) is 0.822. The second kappa shape index (κ2) is 6.81. The minimum absolute atomic E-state index is 0.0237. The molecule has 0 aliphatic heterocycles. The molecule has 0 spiro atoms. The summed E-state index contributed by atoms with van der Waals surface area (Å²) >= 11 is 4.90. The van der Waals surface area contributed by atoms with E-state index in [-0.39, 0.29) is 5.91 Å². The lowest BCUT2D eigenvalue weighted by Gasteiger charge is -2.19. The van der Waals surface area contributed by atoms with Crippen molar-refractivity contribution in [1.82, 2.24) is 4.90 Å². The number of benzene rings is 1. The summed E-state index contributed by atoms with van der Waals surface area (Å²) in [5, 5.41) is 2.90. The fraction of sp³-hybridized carbons (Fsp3) is 0.467. The quantitative estimate of drug-likeness (QED) is 0.754. The molecule has 0 aromatic heterocycles. The summed E-state index contributed by atoms with van der Waals surface area (Å²) in [6.45, 7) is 4.48. The van der Waals surface area contributed by atoms with Gasteiger partial charge in [-0.25, -0.2) is 0 Å². The molecule has 2 rings (SSSR count). The first-order valence-corrected chi connectivity index (χ1v) is 7.41. The number of thiocarbonyl (C=S) groups is 1. The Kier molecular flexibility index (Phi) is 5.09. The van der Waals surface area contributed by atoms with Crippen LogP contribution in [0.25, 0.3) is 0 Å². The van der Waals surface area contributed by atoms with E-state index in [1.54, 1.807) is 0 Å². The summed E-state index contributed by atoms with van der Waals surface area (Å²) in [6.07, 6.45) is 2.61. The Morgan fingerprint density at radius 3 is 2.55 bits per heavy atom. The van der Waals surface area contributed by atoms with E-state index < -0.39 is 0 Å². The third-order valence-corrected chi connectivity index (χ3v) is 3.72. The van der Waals surface area contributed by atoms with Gasteiger partial charge in [0, 0.05) is 17.8 Å². The van der Waals surface area contributed by atoms with Gasteiger partial charge in [0.1, 0.15) is 4.99 Å². The van der Waals surface area contributed by atoms with E-state index in [4.69, 9.17) is 18.0 Å². The maximum absolute atomic E-state index is 12.0. The molecule has 0 heterocycles. The molecule has 108 valence electrons. The summed E-state index contributed by atoms with van der Waals surface area (Å²) in [4.78, 5) is 14.6. The molecular formula is C15H21N3OS. The van der Waals surface area contributed by atoms with E-state index in [0.717, 1.165) is 30.3 Å². The van der Waals surface area contributed by atoms with Crippen molar-refractivity contribution in [3.8, 4) is 0 Å². The third kappa shape index (κ3) is 4.58. The minimum atomic E-state index is 0.0237. The third-order valence-electron chi connectivity index (χ3n) is 3.48. The highest BCUT2D eigenvalue weighted by Gasteiger charge is 2.24. The number of nitrogens with one attached hydrogen (secondary N) is 1. The molecule has 1 saturated carbocycles. The fourth-order valence-corrected chi connectivity index (χ4v) is 2.23. The van der Waals surface area contributed by atoms with Crippen LogP contribution in [0.5, 0.6) is 0 Å². The Morgan fingerprint density at radius 2 is 2.05 bits per heavy atom. The van der Waals surface area contributed by atoms with Crippen molar-refractivity contribution in [3.05, 3.63) is 29.8 Å². The molecule has 20 heavy (non-hydrogen) atoms. The highest BCUT2D eigenvalue weighted by atomic mass is 32.1. The SMILES string of the molecule is CCN(CC(=O)Nc1ccc(C(N)=S)cc1)CC1CC1. The zero-order valence-electron chi connectivity index (χ0n) is 11.8. The molecule has 1 amide bonds. The highest BCUT2D eigenvalue weighted by molar-refractivity contribution is 7.80. The van der Waals surface area contributed by atoms with Crippen LogP contribution in [0.1, 0.15) is 25.3 Å². The second-order valence-corrected chi connectivity index (χ2v) is 5.70. The number of nitrogens with zero attached hydrogens (tertiary/aromatic N) is 1.